The molecule has 6 nitrogen and oxygen atoms in total. The molecule has 0 spiro atoms. The molecule has 0 radical (unpaired) electrons. The molecule has 1 aromatic heterocycles. The Morgan fingerprint density at radius 1 is 1.56 bits per heavy atom. The Morgan fingerprint density at radius 3 is 3.00 bits per heavy atom. The second-order valence-electron chi connectivity index (χ2n) is 3.56. The zero-order chi connectivity index (χ0) is 11.5. The second-order valence-corrected chi connectivity index (χ2v) is 3.56. The summed E-state index contributed by atoms with van der Waals surface area (Å²) in [7, 11) is 0. The maximum absolute atomic E-state index is 10.6. The van der Waals surface area contributed by atoms with Crippen molar-refractivity contribution in [1.29, 1.82) is 0 Å². The fourth-order valence-electron chi connectivity index (χ4n) is 1.64. The third-order valence-electron chi connectivity index (χ3n) is 2.46. The first-order valence-corrected chi connectivity index (χ1v) is 5.01. The minimum absolute atomic E-state index is 0.0526. The summed E-state index contributed by atoms with van der Waals surface area (Å²) in [5.41, 5.74) is 0. The number of hydrogen-bond acceptors (Lipinski definition) is 5. The second kappa shape index (κ2) is 4.54. The third kappa shape index (κ3) is 2.17. The van der Waals surface area contributed by atoms with Crippen molar-refractivity contribution in [3.05, 3.63) is 17.9 Å². The number of furan rings is 1. The zero-order valence-electron chi connectivity index (χ0n) is 8.63. The molecule has 0 aliphatic carbocycles. The lowest BCUT2D eigenvalue weighted by Gasteiger charge is -2.31. The number of aliphatic hydroxyl groups excluding tert-OH is 1. The molecule has 0 aromatic carbocycles. The highest BCUT2D eigenvalue weighted by atomic mass is 16.5. The van der Waals surface area contributed by atoms with Gasteiger partial charge in [0.15, 0.2) is 5.88 Å². The average Bonchev–Trinajstić information content (AvgIpc) is 2.78. The van der Waals surface area contributed by atoms with Crippen molar-refractivity contribution in [2.75, 3.05) is 31.2 Å². The number of aliphatic hydroxyl groups is 1. The van der Waals surface area contributed by atoms with Gasteiger partial charge in [-0.05, 0) is 6.07 Å². The molecule has 1 fully saturated rings. The fourth-order valence-corrected chi connectivity index (χ4v) is 1.64. The predicted molar refractivity (Wildman–Crippen MR) is 54.7 cm³/mol. The predicted octanol–water partition coefficient (Wildman–Crippen LogP) is 0.175. The number of carboxylic acids is 1. The topological polar surface area (TPSA) is 83.1 Å². The molecular weight excluding hydrogens is 214 g/mol. The van der Waals surface area contributed by atoms with Crippen LogP contribution in [0.25, 0.3) is 0 Å². The number of rotatable bonds is 3. The number of carbonyl (C=O) groups is 1. The van der Waals surface area contributed by atoms with Crippen LogP contribution in [0.4, 0.5) is 5.88 Å². The molecule has 0 amide bonds. The van der Waals surface area contributed by atoms with Gasteiger partial charge < -0.3 is 24.3 Å². The Morgan fingerprint density at radius 2 is 2.38 bits per heavy atom. The van der Waals surface area contributed by atoms with Crippen LogP contribution in [0, 0.1) is 0 Å². The van der Waals surface area contributed by atoms with Gasteiger partial charge in [0.1, 0.15) is 0 Å². The monoisotopic (exact) mass is 227 g/mol. The molecule has 2 N–H and O–H groups in total. The fraction of sp³-hybridized carbons (Fsp3) is 0.500. The lowest BCUT2D eigenvalue weighted by atomic mass is 10.3. The van der Waals surface area contributed by atoms with Crippen LogP contribution in [0.3, 0.4) is 0 Å². The quantitative estimate of drug-likeness (QED) is 0.766. The number of nitrogens with zero attached hydrogens (tertiary/aromatic N) is 1. The summed E-state index contributed by atoms with van der Waals surface area (Å²) >= 11 is 0. The summed E-state index contributed by atoms with van der Waals surface area (Å²) in [5.74, 6) is -0.667. The molecule has 6 heteroatoms. The Bertz CT molecular complexity index is 375. The summed E-state index contributed by atoms with van der Waals surface area (Å²) < 4.78 is 10.5. The largest absolute Gasteiger partial charge is 0.475 e. The van der Waals surface area contributed by atoms with Crippen LogP contribution < -0.4 is 4.90 Å². The highest BCUT2D eigenvalue weighted by molar-refractivity contribution is 5.84. The molecule has 1 saturated heterocycles. The number of morpholine rings is 1. The van der Waals surface area contributed by atoms with Gasteiger partial charge in [-0.3, -0.25) is 0 Å². The number of carboxylic acid groups (broad SMARTS) is 1. The van der Waals surface area contributed by atoms with Gasteiger partial charge in [0.2, 0.25) is 5.76 Å². The number of ether oxygens (including phenoxy) is 1. The van der Waals surface area contributed by atoms with Gasteiger partial charge in [0.25, 0.3) is 0 Å². The normalized spacial score (nSPS) is 21.1. The maximum Gasteiger partial charge on any atom is 0.371 e. The van der Waals surface area contributed by atoms with Crippen LogP contribution in [0.15, 0.2) is 16.5 Å². The van der Waals surface area contributed by atoms with Gasteiger partial charge in [-0.15, -0.1) is 0 Å². The first kappa shape index (κ1) is 11.0. The Balaban J connectivity index is 2.08. The van der Waals surface area contributed by atoms with Crippen LogP contribution in [-0.4, -0.2) is 48.6 Å². The van der Waals surface area contributed by atoms with Crippen LogP contribution in [-0.2, 0) is 4.74 Å². The van der Waals surface area contributed by atoms with Crippen molar-refractivity contribution < 1.29 is 24.2 Å². The lowest BCUT2D eigenvalue weighted by Crippen LogP contribution is -2.43. The van der Waals surface area contributed by atoms with Crippen LogP contribution in [0.2, 0.25) is 0 Å². The van der Waals surface area contributed by atoms with Crippen LogP contribution in [0.5, 0.6) is 0 Å². The molecule has 1 unspecified atom stereocenters. The molecular formula is C10H13NO5. The molecule has 1 aliphatic rings. The van der Waals surface area contributed by atoms with Crippen molar-refractivity contribution in [1.82, 2.24) is 0 Å². The Hall–Kier alpha value is -1.53. The van der Waals surface area contributed by atoms with E-state index in [0.29, 0.717) is 25.6 Å². The van der Waals surface area contributed by atoms with E-state index in [1.54, 1.807) is 6.07 Å². The first-order valence-electron chi connectivity index (χ1n) is 5.01. The molecule has 88 valence electrons. The van der Waals surface area contributed by atoms with Gasteiger partial charge in [0, 0.05) is 19.2 Å². The molecule has 2 heterocycles. The standard InChI is InChI=1S/C10H13NO5/c12-6-7-5-11(3-4-15-7)9-2-1-8(16-9)10(13)14/h1-2,7,12H,3-6H2,(H,13,14). The van der Waals surface area contributed by atoms with E-state index in [-0.39, 0.29) is 18.5 Å². The van der Waals surface area contributed by atoms with Crippen LogP contribution >= 0.6 is 0 Å². The van der Waals surface area contributed by atoms with Crippen molar-refractivity contribution in [3.8, 4) is 0 Å². The average molecular weight is 227 g/mol. The minimum Gasteiger partial charge on any atom is -0.475 e. The van der Waals surface area contributed by atoms with E-state index in [1.165, 1.54) is 6.07 Å². The smallest absolute Gasteiger partial charge is 0.371 e. The summed E-state index contributed by atoms with van der Waals surface area (Å²) in [6, 6.07) is 3.03. The van der Waals surface area contributed by atoms with Gasteiger partial charge in [0.05, 0.1) is 19.3 Å². The van der Waals surface area contributed by atoms with Crippen molar-refractivity contribution >= 4 is 11.9 Å². The van der Waals surface area contributed by atoms with E-state index in [0.717, 1.165) is 0 Å². The Kier molecular flexibility index (Phi) is 3.12. The van der Waals surface area contributed by atoms with Gasteiger partial charge in [-0.25, -0.2) is 4.79 Å². The number of hydrogen-bond donors (Lipinski definition) is 2. The summed E-state index contributed by atoms with van der Waals surface area (Å²) in [6.45, 7) is 1.57. The van der Waals surface area contributed by atoms with E-state index in [1.807, 2.05) is 4.90 Å². The summed E-state index contributed by atoms with van der Waals surface area (Å²) in [6.07, 6.45) is -0.243. The molecule has 1 aromatic rings. The molecule has 0 saturated carbocycles. The van der Waals surface area contributed by atoms with E-state index in [9.17, 15) is 4.79 Å². The number of anilines is 1. The van der Waals surface area contributed by atoms with Crippen molar-refractivity contribution in [2.45, 2.75) is 6.10 Å². The first-order chi connectivity index (χ1) is 7.70. The number of aromatic carboxylic acids is 1. The van der Waals surface area contributed by atoms with Gasteiger partial charge in [-0.2, -0.15) is 0 Å². The highest BCUT2D eigenvalue weighted by Gasteiger charge is 2.22. The molecule has 0 bridgehead atoms. The molecule has 1 atom stereocenters. The molecule has 16 heavy (non-hydrogen) atoms. The third-order valence-corrected chi connectivity index (χ3v) is 2.46. The highest BCUT2D eigenvalue weighted by Crippen LogP contribution is 2.20. The van der Waals surface area contributed by atoms with E-state index in [4.69, 9.17) is 19.4 Å². The van der Waals surface area contributed by atoms with Gasteiger partial charge >= 0.3 is 5.97 Å². The lowest BCUT2D eigenvalue weighted by molar-refractivity contribution is 0.00248. The van der Waals surface area contributed by atoms with Crippen LogP contribution in [0.1, 0.15) is 10.6 Å². The van der Waals surface area contributed by atoms with E-state index in [2.05, 4.69) is 0 Å². The minimum atomic E-state index is -1.08. The Labute approximate surface area is 92.0 Å². The molecule has 2 rings (SSSR count). The SMILES string of the molecule is O=C(O)c1ccc(N2CCOC(CO)C2)o1. The van der Waals surface area contributed by atoms with E-state index < -0.39 is 5.97 Å². The zero-order valence-corrected chi connectivity index (χ0v) is 8.63. The maximum atomic E-state index is 10.6. The van der Waals surface area contributed by atoms with Crippen molar-refractivity contribution in [3.63, 3.8) is 0 Å². The molecule has 1 aliphatic heterocycles. The van der Waals surface area contributed by atoms with E-state index >= 15 is 0 Å². The van der Waals surface area contributed by atoms with Crippen molar-refractivity contribution in [2.24, 2.45) is 0 Å². The summed E-state index contributed by atoms with van der Waals surface area (Å²) in [4.78, 5) is 12.5. The summed E-state index contributed by atoms with van der Waals surface area (Å²) in [5, 5.41) is 17.7. The van der Waals surface area contributed by atoms with Gasteiger partial charge in [-0.1, -0.05) is 0 Å².